The molecule has 8 nitrogen and oxygen atoms in total. The predicted molar refractivity (Wildman–Crippen MR) is 108 cm³/mol. The number of amides is 2. The zero-order chi connectivity index (χ0) is 21.0. The molecule has 0 radical (unpaired) electrons. The second-order valence-electron chi connectivity index (χ2n) is 6.77. The number of aromatic amines is 1. The highest BCUT2D eigenvalue weighted by Gasteiger charge is 2.25. The number of para-hydroxylation sites is 1. The smallest absolute Gasteiger partial charge is 0.360 e. The lowest BCUT2D eigenvalue weighted by Crippen LogP contribution is -2.41. The van der Waals surface area contributed by atoms with E-state index >= 15 is 0 Å². The molecule has 8 heteroatoms. The Morgan fingerprint density at radius 2 is 1.83 bits per heavy atom. The van der Waals surface area contributed by atoms with Crippen molar-refractivity contribution in [2.75, 3.05) is 18.9 Å². The van der Waals surface area contributed by atoms with Gasteiger partial charge in [0.2, 0.25) is 5.91 Å². The quantitative estimate of drug-likeness (QED) is 0.625. The van der Waals surface area contributed by atoms with Crippen molar-refractivity contribution in [2.45, 2.75) is 20.0 Å². The molecular formula is C21H22N4O4. The molecule has 0 saturated heterocycles. The van der Waals surface area contributed by atoms with E-state index in [0.29, 0.717) is 16.6 Å². The summed E-state index contributed by atoms with van der Waals surface area (Å²) in [5.74, 6) is -1.54. The second kappa shape index (κ2) is 8.55. The van der Waals surface area contributed by atoms with Crippen LogP contribution in [0.5, 0.6) is 0 Å². The van der Waals surface area contributed by atoms with Gasteiger partial charge in [0.25, 0.3) is 5.91 Å². The molecule has 150 valence electrons. The lowest BCUT2D eigenvalue weighted by atomic mass is 10.2. The van der Waals surface area contributed by atoms with Crippen molar-refractivity contribution in [3.05, 3.63) is 59.8 Å². The Bertz CT molecular complexity index is 1040. The zero-order valence-electron chi connectivity index (χ0n) is 16.4. The molecule has 3 rings (SSSR count). The molecule has 1 atom stereocenters. The number of likely N-dealkylation sites (N-methyl/N-ethyl adjacent to an activating group) is 1. The molecule has 0 unspecified atom stereocenters. The molecule has 0 bridgehead atoms. The maximum absolute atomic E-state index is 12.5. The van der Waals surface area contributed by atoms with E-state index in [1.165, 1.54) is 18.9 Å². The van der Waals surface area contributed by atoms with Crippen molar-refractivity contribution in [3.8, 4) is 0 Å². The Labute approximate surface area is 167 Å². The third-order valence-electron chi connectivity index (χ3n) is 4.39. The van der Waals surface area contributed by atoms with Gasteiger partial charge < -0.3 is 15.0 Å². The van der Waals surface area contributed by atoms with Crippen LogP contribution in [0.3, 0.4) is 0 Å². The fraction of sp³-hybridized carbons (Fsp3) is 0.238. The van der Waals surface area contributed by atoms with E-state index in [-0.39, 0.29) is 18.1 Å². The lowest BCUT2D eigenvalue weighted by Gasteiger charge is -2.21. The van der Waals surface area contributed by atoms with Crippen LogP contribution in [0.1, 0.15) is 23.0 Å². The van der Waals surface area contributed by atoms with Gasteiger partial charge in [-0.2, -0.15) is 5.10 Å². The molecule has 0 saturated carbocycles. The molecular weight excluding hydrogens is 372 g/mol. The van der Waals surface area contributed by atoms with Gasteiger partial charge in [0.05, 0.1) is 12.1 Å². The molecule has 2 aromatic carbocycles. The molecule has 0 fully saturated rings. The molecule has 1 heterocycles. The van der Waals surface area contributed by atoms with E-state index < -0.39 is 18.0 Å². The number of aryl methyl sites for hydroxylation is 1. The van der Waals surface area contributed by atoms with Gasteiger partial charge in [-0.1, -0.05) is 35.9 Å². The molecule has 0 aliphatic heterocycles. The fourth-order valence-electron chi connectivity index (χ4n) is 2.83. The monoisotopic (exact) mass is 394 g/mol. The van der Waals surface area contributed by atoms with Gasteiger partial charge in [0, 0.05) is 18.1 Å². The first kappa shape index (κ1) is 20.1. The minimum atomic E-state index is -1.06. The Morgan fingerprint density at radius 3 is 2.55 bits per heavy atom. The number of esters is 1. The zero-order valence-corrected chi connectivity index (χ0v) is 16.4. The van der Waals surface area contributed by atoms with Gasteiger partial charge in [0.1, 0.15) is 0 Å². The maximum atomic E-state index is 12.5. The van der Waals surface area contributed by atoms with Gasteiger partial charge in [-0.05, 0) is 32.0 Å². The number of nitrogens with one attached hydrogen (secondary N) is 2. The van der Waals surface area contributed by atoms with Crippen molar-refractivity contribution in [2.24, 2.45) is 0 Å². The molecule has 2 amide bonds. The number of fused-ring (bicyclic) bond motifs is 1. The number of nitrogens with zero attached hydrogens (tertiary/aromatic N) is 2. The van der Waals surface area contributed by atoms with E-state index in [0.717, 1.165) is 5.56 Å². The van der Waals surface area contributed by atoms with Gasteiger partial charge in [-0.3, -0.25) is 14.7 Å². The number of benzene rings is 2. The number of ether oxygens (including phenoxy) is 1. The summed E-state index contributed by atoms with van der Waals surface area (Å²) in [7, 11) is 1.48. The molecule has 0 spiro atoms. The summed E-state index contributed by atoms with van der Waals surface area (Å²) in [4.78, 5) is 38.3. The minimum Gasteiger partial charge on any atom is -0.448 e. The highest BCUT2D eigenvalue weighted by molar-refractivity contribution is 6.02. The van der Waals surface area contributed by atoms with Crippen molar-refractivity contribution in [3.63, 3.8) is 0 Å². The average Bonchev–Trinajstić information content (AvgIpc) is 3.13. The van der Waals surface area contributed by atoms with E-state index in [4.69, 9.17) is 4.74 Å². The summed E-state index contributed by atoms with van der Waals surface area (Å²) in [6.45, 7) is 3.25. The SMILES string of the molecule is Cc1ccc(NC(=O)CN(C)C(=O)[C@@H](C)OC(=O)c2n[nH]c3ccccc23)cc1. The minimum absolute atomic E-state index is 0.111. The van der Waals surface area contributed by atoms with Gasteiger partial charge in [0.15, 0.2) is 11.8 Å². The molecule has 3 aromatic rings. The number of hydrogen-bond donors (Lipinski definition) is 2. The Morgan fingerprint density at radius 1 is 1.14 bits per heavy atom. The van der Waals surface area contributed by atoms with Crippen LogP contribution < -0.4 is 5.32 Å². The number of anilines is 1. The highest BCUT2D eigenvalue weighted by Crippen LogP contribution is 2.16. The van der Waals surface area contributed by atoms with E-state index in [9.17, 15) is 14.4 Å². The summed E-state index contributed by atoms with van der Waals surface area (Å²) in [6.07, 6.45) is -1.06. The Kier molecular flexibility index (Phi) is 5.92. The van der Waals surface area contributed by atoms with Gasteiger partial charge >= 0.3 is 5.97 Å². The van der Waals surface area contributed by atoms with Crippen molar-refractivity contribution < 1.29 is 19.1 Å². The van der Waals surface area contributed by atoms with Crippen LogP contribution in [0.25, 0.3) is 10.9 Å². The normalized spacial score (nSPS) is 11.7. The molecule has 0 aliphatic carbocycles. The molecule has 29 heavy (non-hydrogen) atoms. The number of rotatable bonds is 6. The Hall–Kier alpha value is -3.68. The van der Waals surface area contributed by atoms with Crippen LogP contribution in [-0.2, 0) is 14.3 Å². The number of carbonyl (C=O) groups is 3. The highest BCUT2D eigenvalue weighted by atomic mass is 16.5. The van der Waals surface area contributed by atoms with Crippen molar-refractivity contribution >= 4 is 34.4 Å². The van der Waals surface area contributed by atoms with Crippen LogP contribution in [0.15, 0.2) is 48.5 Å². The van der Waals surface area contributed by atoms with Gasteiger partial charge in [-0.15, -0.1) is 0 Å². The van der Waals surface area contributed by atoms with Crippen molar-refractivity contribution in [1.82, 2.24) is 15.1 Å². The number of H-pyrrole nitrogens is 1. The van der Waals surface area contributed by atoms with E-state index in [1.807, 2.05) is 25.1 Å². The average molecular weight is 394 g/mol. The van der Waals surface area contributed by atoms with Crippen LogP contribution in [-0.4, -0.2) is 52.6 Å². The standard InChI is InChI=1S/C21H22N4O4/c1-13-8-10-15(11-9-13)22-18(26)12-25(3)20(27)14(2)29-21(28)19-16-6-4-5-7-17(16)23-24-19/h4-11,14H,12H2,1-3H3,(H,22,26)(H,23,24)/t14-/m1/s1. The topological polar surface area (TPSA) is 104 Å². The maximum Gasteiger partial charge on any atom is 0.360 e. The molecule has 0 aliphatic rings. The van der Waals surface area contributed by atoms with Crippen LogP contribution in [0.4, 0.5) is 5.69 Å². The van der Waals surface area contributed by atoms with Crippen LogP contribution in [0, 0.1) is 6.92 Å². The fourth-order valence-corrected chi connectivity index (χ4v) is 2.83. The van der Waals surface area contributed by atoms with E-state index in [1.54, 1.807) is 30.3 Å². The number of aromatic nitrogens is 2. The van der Waals surface area contributed by atoms with Crippen molar-refractivity contribution in [1.29, 1.82) is 0 Å². The summed E-state index contributed by atoms with van der Waals surface area (Å²) >= 11 is 0. The van der Waals surface area contributed by atoms with Gasteiger partial charge in [-0.25, -0.2) is 4.79 Å². The number of hydrogen-bond acceptors (Lipinski definition) is 5. The summed E-state index contributed by atoms with van der Waals surface area (Å²) < 4.78 is 5.25. The molecule has 2 N–H and O–H groups in total. The summed E-state index contributed by atoms with van der Waals surface area (Å²) in [6, 6.07) is 14.5. The predicted octanol–water partition coefficient (Wildman–Crippen LogP) is 2.51. The van der Waals surface area contributed by atoms with Crippen LogP contribution in [0.2, 0.25) is 0 Å². The lowest BCUT2D eigenvalue weighted by molar-refractivity contribution is -0.140. The van der Waals surface area contributed by atoms with Crippen LogP contribution >= 0.6 is 0 Å². The summed E-state index contributed by atoms with van der Waals surface area (Å²) in [5, 5.41) is 10.0. The first-order valence-electron chi connectivity index (χ1n) is 9.10. The summed E-state index contributed by atoms with van der Waals surface area (Å²) in [5.41, 5.74) is 2.53. The first-order chi connectivity index (χ1) is 13.8. The third-order valence-corrected chi connectivity index (χ3v) is 4.39. The molecule has 1 aromatic heterocycles. The van der Waals surface area contributed by atoms with E-state index in [2.05, 4.69) is 15.5 Å². The largest absolute Gasteiger partial charge is 0.448 e. The first-order valence-corrected chi connectivity index (χ1v) is 9.10. The Balaban J connectivity index is 1.56. The number of carbonyl (C=O) groups excluding carboxylic acids is 3. The second-order valence-corrected chi connectivity index (χ2v) is 6.77. The third kappa shape index (κ3) is 4.78.